The molecular weight excluding hydrogens is 510 g/mol. The summed E-state index contributed by atoms with van der Waals surface area (Å²) in [6.07, 6.45) is 3.89. The molecule has 0 unspecified atom stereocenters. The summed E-state index contributed by atoms with van der Waals surface area (Å²) in [6, 6.07) is 13.1. The van der Waals surface area contributed by atoms with Gasteiger partial charge >= 0.3 is 6.29 Å². The highest BCUT2D eigenvalue weighted by Gasteiger charge is 2.62. The lowest BCUT2D eigenvalue weighted by Crippen LogP contribution is -2.51. The van der Waals surface area contributed by atoms with Crippen LogP contribution in [0.15, 0.2) is 65.3 Å². The first kappa shape index (κ1) is 25.5. The molecule has 0 amide bonds. The molecule has 2 fully saturated rings. The van der Waals surface area contributed by atoms with Crippen LogP contribution in [0.2, 0.25) is 0 Å². The van der Waals surface area contributed by atoms with Crippen molar-refractivity contribution < 1.29 is 28.2 Å². The average molecular weight is 543 g/mol. The first-order valence-corrected chi connectivity index (χ1v) is 14.2. The molecule has 6 heteroatoms. The number of hydrogen-bond donors (Lipinski definition) is 1. The first-order chi connectivity index (χ1) is 19.1. The zero-order valence-electron chi connectivity index (χ0n) is 22.7. The third-order valence-electron chi connectivity index (χ3n) is 10.3. The predicted octanol–water partition coefficient (Wildman–Crippen LogP) is 7.33. The zero-order chi connectivity index (χ0) is 27.9. The lowest BCUT2D eigenvalue weighted by Gasteiger charge is -2.53. The molecule has 0 spiro atoms. The summed E-state index contributed by atoms with van der Waals surface area (Å²) < 4.78 is 36.3. The van der Waals surface area contributed by atoms with Gasteiger partial charge in [0.25, 0.3) is 0 Å². The molecule has 0 saturated heterocycles. The van der Waals surface area contributed by atoms with Crippen LogP contribution in [0.1, 0.15) is 70.3 Å². The van der Waals surface area contributed by atoms with E-state index in [1.165, 1.54) is 28.3 Å². The molecule has 2 saturated carbocycles. The second-order valence-corrected chi connectivity index (χ2v) is 12.2. The number of alkyl halides is 2. The molecule has 0 radical (unpaired) electrons. The van der Waals surface area contributed by atoms with Crippen molar-refractivity contribution in [3.8, 4) is 34.5 Å². The van der Waals surface area contributed by atoms with Crippen molar-refractivity contribution in [3.05, 3.63) is 70.8 Å². The molecule has 2 aromatic rings. The summed E-state index contributed by atoms with van der Waals surface area (Å²) in [5.41, 5.74) is 5.47. The summed E-state index contributed by atoms with van der Waals surface area (Å²) in [6.45, 7) is 4.03. The predicted molar refractivity (Wildman–Crippen MR) is 147 cm³/mol. The molecular formula is C34H32F2O4. The minimum absolute atomic E-state index is 0.0264. The second-order valence-electron chi connectivity index (χ2n) is 12.2. The van der Waals surface area contributed by atoms with Crippen LogP contribution < -0.4 is 9.47 Å². The number of ether oxygens (including phenoxy) is 2. The number of allylic oxidation sites excluding steroid dienone is 4. The summed E-state index contributed by atoms with van der Waals surface area (Å²) in [7, 11) is 0. The molecule has 1 N–H and O–H groups in total. The second kappa shape index (κ2) is 8.78. The fourth-order valence-corrected chi connectivity index (χ4v) is 8.41. The maximum atomic E-state index is 13.5. The Morgan fingerprint density at radius 1 is 0.975 bits per heavy atom. The van der Waals surface area contributed by atoms with Crippen molar-refractivity contribution in [1.29, 1.82) is 0 Å². The molecule has 206 valence electrons. The van der Waals surface area contributed by atoms with Crippen molar-refractivity contribution in [2.45, 2.75) is 76.6 Å². The lowest BCUT2D eigenvalue weighted by molar-refractivity contribution is -0.286. The summed E-state index contributed by atoms with van der Waals surface area (Å²) >= 11 is 0. The Balaban J connectivity index is 1.30. The van der Waals surface area contributed by atoms with Crippen LogP contribution in [0.25, 0.3) is 11.1 Å². The van der Waals surface area contributed by atoms with Gasteiger partial charge < -0.3 is 14.6 Å². The van der Waals surface area contributed by atoms with Gasteiger partial charge in [-0.15, -0.1) is 14.7 Å². The third kappa shape index (κ3) is 3.78. The molecule has 0 bridgehead atoms. The molecule has 40 heavy (non-hydrogen) atoms. The topological polar surface area (TPSA) is 55.8 Å². The van der Waals surface area contributed by atoms with E-state index in [1.54, 1.807) is 19.1 Å². The maximum absolute atomic E-state index is 13.5. The van der Waals surface area contributed by atoms with E-state index in [1.807, 2.05) is 18.2 Å². The molecule has 0 aromatic heterocycles. The number of hydrogen-bond acceptors (Lipinski definition) is 4. The molecule has 4 aliphatic carbocycles. The number of benzene rings is 2. The highest BCUT2D eigenvalue weighted by Crippen LogP contribution is 2.66. The number of carbonyl (C=O) groups is 1. The van der Waals surface area contributed by atoms with Gasteiger partial charge in [-0.25, -0.2) is 0 Å². The van der Waals surface area contributed by atoms with Crippen molar-refractivity contribution in [1.82, 2.24) is 0 Å². The van der Waals surface area contributed by atoms with Crippen LogP contribution in [0.4, 0.5) is 8.78 Å². The van der Waals surface area contributed by atoms with Crippen LogP contribution in [0, 0.1) is 29.1 Å². The van der Waals surface area contributed by atoms with E-state index < -0.39 is 11.9 Å². The maximum Gasteiger partial charge on any atom is 0.586 e. The number of rotatable bonds is 2. The monoisotopic (exact) mass is 542 g/mol. The quantitative estimate of drug-likeness (QED) is 0.404. The minimum atomic E-state index is -3.65. The number of halogens is 2. The smallest absolute Gasteiger partial charge is 0.395 e. The van der Waals surface area contributed by atoms with Crippen LogP contribution >= 0.6 is 0 Å². The summed E-state index contributed by atoms with van der Waals surface area (Å²) in [4.78, 5) is 12.3. The fourth-order valence-electron chi connectivity index (χ4n) is 8.41. The Morgan fingerprint density at radius 2 is 1.73 bits per heavy atom. The van der Waals surface area contributed by atoms with E-state index in [9.17, 15) is 18.7 Å². The molecule has 5 atom stereocenters. The minimum Gasteiger partial charge on any atom is -0.395 e. The highest BCUT2D eigenvalue weighted by atomic mass is 19.3. The normalized spacial score (nSPS) is 33.4. The molecule has 7 rings (SSSR count). The number of carbonyl (C=O) groups excluding carboxylic acids is 1. The van der Waals surface area contributed by atoms with E-state index in [4.69, 9.17) is 0 Å². The summed E-state index contributed by atoms with van der Waals surface area (Å²) in [5.74, 6) is 7.29. The van der Waals surface area contributed by atoms with Crippen molar-refractivity contribution in [2.24, 2.45) is 17.3 Å². The highest BCUT2D eigenvalue weighted by molar-refractivity contribution is 5.93. The van der Waals surface area contributed by atoms with Gasteiger partial charge in [0.2, 0.25) is 0 Å². The van der Waals surface area contributed by atoms with Crippen molar-refractivity contribution in [2.75, 3.05) is 0 Å². The van der Waals surface area contributed by atoms with Gasteiger partial charge in [-0.05, 0) is 103 Å². The van der Waals surface area contributed by atoms with E-state index in [0.717, 1.165) is 43.2 Å². The molecule has 1 heterocycles. The molecule has 4 nitrogen and oxygen atoms in total. The fraction of sp³-hybridized carbons (Fsp3) is 0.441. The standard InChI is InChI=1S/C34H32F2O4/c1-3-15-33(38)16-14-28-26-11-8-23-17-24(37)10-12-25(23)31(26)27(19-32(28,33)2)21-6-4-20(5-7-21)22-9-13-29-30(18-22)40-34(35,36)39-29/h4-7,9,13,17-18,26-28,38H,8,10-12,14,16,19H2,1-2H3/t26-,27+,28-,32-,33-/m0/s1. The Labute approximate surface area is 233 Å². The Hall–Kier alpha value is -3.43. The van der Waals surface area contributed by atoms with E-state index in [0.29, 0.717) is 24.7 Å². The van der Waals surface area contributed by atoms with E-state index in [2.05, 4.69) is 40.4 Å². The first-order valence-electron chi connectivity index (χ1n) is 14.2. The summed E-state index contributed by atoms with van der Waals surface area (Å²) in [5, 5.41) is 11.9. The van der Waals surface area contributed by atoms with Gasteiger partial charge in [0, 0.05) is 17.8 Å². The van der Waals surface area contributed by atoms with E-state index >= 15 is 0 Å². The zero-order valence-corrected chi connectivity index (χ0v) is 22.7. The molecule has 2 aromatic carbocycles. The molecule has 1 aliphatic heterocycles. The molecule has 5 aliphatic rings. The lowest BCUT2D eigenvalue weighted by atomic mass is 9.51. The number of fused-ring (bicyclic) bond motifs is 5. The van der Waals surface area contributed by atoms with Gasteiger partial charge in [-0.2, -0.15) is 0 Å². The van der Waals surface area contributed by atoms with Crippen LogP contribution in [0.3, 0.4) is 0 Å². The van der Waals surface area contributed by atoms with Crippen molar-refractivity contribution >= 4 is 5.78 Å². The van der Waals surface area contributed by atoms with Gasteiger partial charge in [0.15, 0.2) is 17.3 Å². The van der Waals surface area contributed by atoms with E-state index in [-0.39, 0.29) is 28.6 Å². The Morgan fingerprint density at radius 3 is 2.50 bits per heavy atom. The van der Waals surface area contributed by atoms with Gasteiger partial charge in [0.05, 0.1) is 0 Å². The number of ketones is 1. The van der Waals surface area contributed by atoms with Gasteiger partial charge in [0.1, 0.15) is 5.60 Å². The average Bonchev–Trinajstić information content (AvgIpc) is 3.38. The van der Waals surface area contributed by atoms with Crippen LogP contribution in [0.5, 0.6) is 11.5 Å². The SMILES string of the molecule is CC#C[C@]1(O)CC[C@H]2[C@@H]3CCC4=CC(=O)CCC4=C3[C@@H](c3ccc(-c4ccc5c(c4)OC(F)(F)O5)cc3)C[C@@]21C. The Kier molecular flexibility index (Phi) is 5.61. The van der Waals surface area contributed by atoms with Crippen LogP contribution in [-0.4, -0.2) is 22.8 Å². The van der Waals surface area contributed by atoms with Gasteiger partial charge in [-0.3, -0.25) is 4.79 Å². The third-order valence-corrected chi connectivity index (χ3v) is 10.3. The van der Waals surface area contributed by atoms with Gasteiger partial charge in [-0.1, -0.05) is 48.7 Å². The Bertz CT molecular complexity index is 1540. The largest absolute Gasteiger partial charge is 0.586 e. The number of aliphatic hydroxyl groups is 1. The van der Waals surface area contributed by atoms with Crippen molar-refractivity contribution in [3.63, 3.8) is 0 Å². The van der Waals surface area contributed by atoms with Crippen LogP contribution in [-0.2, 0) is 4.79 Å².